The van der Waals surface area contributed by atoms with Crippen LogP contribution in [0.15, 0.2) is 48.5 Å². The molecule has 3 atom stereocenters. The molecular weight excluding hydrogens is 434 g/mol. The molecule has 176 valence electrons. The van der Waals surface area contributed by atoms with Crippen molar-refractivity contribution in [2.24, 2.45) is 0 Å². The predicted molar refractivity (Wildman–Crippen MR) is 109 cm³/mol. The molecule has 2 aromatic carbocycles. The Labute approximate surface area is 183 Å². The Morgan fingerprint density at radius 1 is 1.03 bits per heavy atom. The minimum atomic E-state index is -4.89. The van der Waals surface area contributed by atoms with E-state index in [-0.39, 0.29) is 24.3 Å². The molecular formula is C23H26F6N2O. The molecule has 0 amide bonds. The highest BCUT2D eigenvalue weighted by Crippen LogP contribution is 2.39. The molecule has 0 bridgehead atoms. The monoisotopic (exact) mass is 460 g/mol. The first-order valence-corrected chi connectivity index (χ1v) is 10.3. The van der Waals surface area contributed by atoms with Gasteiger partial charge in [0.05, 0.1) is 29.4 Å². The van der Waals surface area contributed by atoms with E-state index in [0.717, 1.165) is 24.1 Å². The summed E-state index contributed by atoms with van der Waals surface area (Å²) < 4.78 is 85.1. The summed E-state index contributed by atoms with van der Waals surface area (Å²) in [6, 6.07) is 11.4. The molecule has 1 fully saturated rings. The van der Waals surface area contributed by atoms with Crippen molar-refractivity contribution in [2.75, 3.05) is 20.2 Å². The summed E-state index contributed by atoms with van der Waals surface area (Å²) >= 11 is 0. The minimum absolute atomic E-state index is 0.103. The zero-order chi connectivity index (χ0) is 23.6. The number of hydrogen-bond donors (Lipinski definition) is 2. The molecule has 1 saturated heterocycles. The van der Waals surface area contributed by atoms with Crippen LogP contribution in [0.3, 0.4) is 0 Å². The Morgan fingerprint density at radius 3 is 2.09 bits per heavy atom. The zero-order valence-corrected chi connectivity index (χ0v) is 17.8. The van der Waals surface area contributed by atoms with Crippen molar-refractivity contribution in [3.8, 4) is 0 Å². The second kappa shape index (κ2) is 9.41. The fraction of sp³-hybridized carbons (Fsp3) is 0.478. The second-order valence-electron chi connectivity index (χ2n) is 8.15. The van der Waals surface area contributed by atoms with E-state index in [9.17, 15) is 26.3 Å². The van der Waals surface area contributed by atoms with Crippen LogP contribution in [-0.2, 0) is 22.6 Å². The third kappa shape index (κ3) is 5.63. The topological polar surface area (TPSA) is 33.3 Å². The third-order valence-corrected chi connectivity index (χ3v) is 6.00. The van der Waals surface area contributed by atoms with E-state index >= 15 is 0 Å². The molecule has 0 aliphatic carbocycles. The van der Waals surface area contributed by atoms with Crippen LogP contribution in [0.2, 0.25) is 0 Å². The molecule has 0 radical (unpaired) electrons. The molecule has 0 saturated carbocycles. The molecule has 0 unspecified atom stereocenters. The van der Waals surface area contributed by atoms with Gasteiger partial charge in [0.1, 0.15) is 0 Å². The van der Waals surface area contributed by atoms with E-state index in [1.54, 1.807) is 0 Å². The quantitative estimate of drug-likeness (QED) is 0.545. The lowest BCUT2D eigenvalue weighted by molar-refractivity contribution is -0.143. The highest BCUT2D eigenvalue weighted by Gasteiger charge is 2.39. The molecule has 1 heterocycles. The van der Waals surface area contributed by atoms with Crippen LogP contribution in [0, 0.1) is 0 Å². The van der Waals surface area contributed by atoms with Gasteiger partial charge in [0, 0.05) is 12.6 Å². The third-order valence-electron chi connectivity index (χ3n) is 6.00. The van der Waals surface area contributed by atoms with Crippen LogP contribution in [0.25, 0.3) is 0 Å². The fourth-order valence-corrected chi connectivity index (χ4v) is 3.96. The Balaban J connectivity index is 1.86. The fourth-order valence-electron chi connectivity index (χ4n) is 3.96. The number of likely N-dealkylation sites (N-methyl/N-ethyl adjacent to an activating group) is 1. The maximum absolute atomic E-state index is 13.2. The molecule has 3 rings (SSSR count). The van der Waals surface area contributed by atoms with Gasteiger partial charge in [-0.3, -0.25) is 0 Å². The van der Waals surface area contributed by atoms with Crippen LogP contribution in [0.1, 0.15) is 48.1 Å². The van der Waals surface area contributed by atoms with Crippen molar-refractivity contribution in [3.05, 3.63) is 70.8 Å². The second-order valence-corrected chi connectivity index (χ2v) is 8.15. The lowest BCUT2D eigenvalue weighted by atomic mass is 9.81. The van der Waals surface area contributed by atoms with Gasteiger partial charge in [-0.25, -0.2) is 0 Å². The standard InChI is InChI=1S/C23H26F6N2O/c1-15(16-10-18(22(24,25)26)12-19(11-16)23(27,28)29)32-14-21(17-6-4-3-5-7-17)9-8-20(30-2)13-31-21/h3-7,10-12,15,20,30-31H,8-9,13-14H2,1-2H3/t15-,20+,21-/m1/s1. The first-order valence-electron chi connectivity index (χ1n) is 10.3. The van der Waals surface area contributed by atoms with E-state index in [1.807, 2.05) is 37.4 Å². The van der Waals surface area contributed by atoms with Crippen molar-refractivity contribution < 1.29 is 31.1 Å². The number of nitrogens with one attached hydrogen (secondary N) is 2. The molecule has 32 heavy (non-hydrogen) atoms. The van der Waals surface area contributed by atoms with Gasteiger partial charge in [-0.15, -0.1) is 0 Å². The zero-order valence-electron chi connectivity index (χ0n) is 17.8. The summed E-state index contributed by atoms with van der Waals surface area (Å²) in [5.74, 6) is 0. The van der Waals surface area contributed by atoms with Gasteiger partial charge in [-0.05, 0) is 56.1 Å². The van der Waals surface area contributed by atoms with Gasteiger partial charge < -0.3 is 15.4 Å². The number of halogens is 6. The average molecular weight is 460 g/mol. The van der Waals surface area contributed by atoms with Gasteiger partial charge in [0.15, 0.2) is 0 Å². The molecule has 2 N–H and O–H groups in total. The Kier molecular flexibility index (Phi) is 7.21. The Bertz CT molecular complexity index is 857. The maximum Gasteiger partial charge on any atom is 0.416 e. The van der Waals surface area contributed by atoms with Crippen LogP contribution >= 0.6 is 0 Å². The molecule has 1 aliphatic rings. The average Bonchev–Trinajstić information content (AvgIpc) is 2.77. The smallest absolute Gasteiger partial charge is 0.372 e. The van der Waals surface area contributed by atoms with Crippen LogP contribution in [0.5, 0.6) is 0 Å². The van der Waals surface area contributed by atoms with Crippen molar-refractivity contribution in [1.29, 1.82) is 0 Å². The van der Waals surface area contributed by atoms with Gasteiger partial charge >= 0.3 is 12.4 Å². The van der Waals surface area contributed by atoms with E-state index < -0.39 is 35.1 Å². The lowest BCUT2D eigenvalue weighted by Gasteiger charge is -2.42. The summed E-state index contributed by atoms with van der Waals surface area (Å²) in [4.78, 5) is 0. The lowest BCUT2D eigenvalue weighted by Crippen LogP contribution is -2.55. The summed E-state index contributed by atoms with van der Waals surface area (Å²) in [6.45, 7) is 2.23. The maximum atomic E-state index is 13.2. The number of ether oxygens (including phenoxy) is 1. The Hall–Kier alpha value is -2.10. The van der Waals surface area contributed by atoms with Gasteiger partial charge in [-0.2, -0.15) is 26.3 Å². The SMILES string of the molecule is CN[C@H]1CC[C@@](CO[C@H](C)c2cc(C(F)(F)F)cc(C(F)(F)F)c2)(c2ccccc2)NC1. The van der Waals surface area contributed by atoms with Crippen molar-refractivity contribution in [3.63, 3.8) is 0 Å². The van der Waals surface area contributed by atoms with Crippen LogP contribution < -0.4 is 10.6 Å². The molecule has 9 heteroatoms. The number of alkyl halides is 6. The Morgan fingerprint density at radius 2 is 1.62 bits per heavy atom. The van der Waals surface area contributed by atoms with E-state index in [2.05, 4.69) is 10.6 Å². The summed E-state index contributed by atoms with van der Waals surface area (Å²) in [7, 11) is 1.87. The van der Waals surface area contributed by atoms with Crippen molar-refractivity contribution in [2.45, 2.75) is 49.8 Å². The van der Waals surface area contributed by atoms with Gasteiger partial charge in [-0.1, -0.05) is 30.3 Å². The van der Waals surface area contributed by atoms with Gasteiger partial charge in [0.25, 0.3) is 0 Å². The van der Waals surface area contributed by atoms with Crippen molar-refractivity contribution in [1.82, 2.24) is 10.6 Å². The molecule has 1 aliphatic heterocycles. The van der Waals surface area contributed by atoms with Crippen LogP contribution in [-0.4, -0.2) is 26.2 Å². The highest BCUT2D eigenvalue weighted by molar-refractivity contribution is 5.35. The number of rotatable bonds is 6. The van der Waals surface area contributed by atoms with E-state index in [1.165, 1.54) is 6.92 Å². The highest BCUT2D eigenvalue weighted by atomic mass is 19.4. The number of hydrogen-bond acceptors (Lipinski definition) is 3. The molecule has 0 aromatic heterocycles. The van der Waals surface area contributed by atoms with E-state index in [4.69, 9.17) is 4.74 Å². The predicted octanol–water partition coefficient (Wildman–Crippen LogP) is 5.67. The normalized spacial score (nSPS) is 23.2. The number of benzene rings is 2. The molecule has 0 spiro atoms. The first-order chi connectivity index (χ1) is 14.9. The van der Waals surface area contributed by atoms with Gasteiger partial charge in [0.2, 0.25) is 0 Å². The molecule has 2 aromatic rings. The largest absolute Gasteiger partial charge is 0.416 e. The summed E-state index contributed by atoms with van der Waals surface area (Å²) in [5, 5.41) is 6.69. The summed E-state index contributed by atoms with van der Waals surface area (Å²) in [6.07, 6.45) is -9.21. The molecule has 3 nitrogen and oxygen atoms in total. The summed E-state index contributed by atoms with van der Waals surface area (Å²) in [5.41, 5.74) is -2.48. The minimum Gasteiger partial charge on any atom is -0.372 e. The van der Waals surface area contributed by atoms with Crippen molar-refractivity contribution >= 4 is 0 Å². The van der Waals surface area contributed by atoms with E-state index in [0.29, 0.717) is 13.0 Å². The van der Waals surface area contributed by atoms with Crippen LogP contribution in [0.4, 0.5) is 26.3 Å². The number of piperidine rings is 1. The first kappa shape index (κ1) is 24.5.